The fourth-order valence-electron chi connectivity index (χ4n) is 3.80. The van der Waals surface area contributed by atoms with Crippen molar-refractivity contribution in [3.8, 4) is 0 Å². The lowest BCUT2D eigenvalue weighted by Gasteiger charge is -2.36. The van der Waals surface area contributed by atoms with Crippen LogP contribution in [-0.2, 0) is 0 Å². The van der Waals surface area contributed by atoms with Crippen molar-refractivity contribution in [3.05, 3.63) is 35.5 Å². The molecule has 1 saturated heterocycles. The van der Waals surface area contributed by atoms with Gasteiger partial charge in [0.2, 0.25) is 0 Å². The summed E-state index contributed by atoms with van der Waals surface area (Å²) in [4.78, 5) is 17.7. The zero-order valence-corrected chi connectivity index (χ0v) is 13.3. The van der Waals surface area contributed by atoms with Crippen molar-refractivity contribution in [1.29, 1.82) is 0 Å². The van der Waals surface area contributed by atoms with E-state index in [0.29, 0.717) is 11.5 Å². The third-order valence-corrected chi connectivity index (χ3v) is 4.80. The van der Waals surface area contributed by atoms with Gasteiger partial charge in [-0.1, -0.05) is 32.0 Å². The fourth-order valence-corrected chi connectivity index (χ4v) is 3.80. The van der Waals surface area contributed by atoms with Gasteiger partial charge in [0.25, 0.3) is 0 Å². The Balaban J connectivity index is 2.06. The standard InChI is InChI=1S/C18H24N2O2/c1-3-15(20-10-6-7-12(2)11-20)17-16(18(21)22)13-8-4-5-9-14(13)19-17/h4-5,8-9,12,15,19H,3,6-7,10-11H2,1-2H3,(H,21,22). The molecule has 2 heterocycles. The topological polar surface area (TPSA) is 56.3 Å². The van der Waals surface area contributed by atoms with Gasteiger partial charge in [-0.3, -0.25) is 4.90 Å². The molecule has 4 nitrogen and oxygen atoms in total. The molecule has 0 bridgehead atoms. The van der Waals surface area contributed by atoms with Crippen molar-refractivity contribution < 1.29 is 9.90 Å². The minimum atomic E-state index is -0.837. The average molecular weight is 300 g/mol. The van der Waals surface area contributed by atoms with Crippen LogP contribution in [0.1, 0.15) is 55.2 Å². The number of benzene rings is 1. The molecule has 1 aliphatic heterocycles. The van der Waals surface area contributed by atoms with Crippen molar-refractivity contribution in [2.24, 2.45) is 5.92 Å². The number of nitrogens with zero attached hydrogens (tertiary/aromatic N) is 1. The second-order valence-corrected chi connectivity index (χ2v) is 6.43. The summed E-state index contributed by atoms with van der Waals surface area (Å²) in [5, 5.41) is 10.5. The van der Waals surface area contributed by atoms with Crippen LogP contribution in [0.5, 0.6) is 0 Å². The number of para-hydroxylation sites is 1. The third kappa shape index (κ3) is 2.63. The van der Waals surface area contributed by atoms with Gasteiger partial charge in [-0.15, -0.1) is 0 Å². The van der Waals surface area contributed by atoms with E-state index >= 15 is 0 Å². The minimum absolute atomic E-state index is 0.154. The number of H-pyrrole nitrogens is 1. The Kier molecular flexibility index (Phi) is 4.21. The fraction of sp³-hybridized carbons (Fsp3) is 0.500. The smallest absolute Gasteiger partial charge is 0.338 e. The van der Waals surface area contributed by atoms with Crippen molar-refractivity contribution in [2.45, 2.75) is 39.2 Å². The molecule has 118 valence electrons. The number of rotatable bonds is 4. The largest absolute Gasteiger partial charge is 0.478 e. The second kappa shape index (κ2) is 6.13. The number of likely N-dealkylation sites (tertiary alicyclic amines) is 1. The van der Waals surface area contributed by atoms with E-state index in [9.17, 15) is 9.90 Å². The van der Waals surface area contributed by atoms with E-state index < -0.39 is 5.97 Å². The lowest BCUT2D eigenvalue weighted by Crippen LogP contribution is -2.37. The molecule has 2 N–H and O–H groups in total. The highest BCUT2D eigenvalue weighted by Crippen LogP contribution is 2.34. The summed E-state index contributed by atoms with van der Waals surface area (Å²) in [7, 11) is 0. The number of carboxylic acids is 1. The van der Waals surface area contributed by atoms with E-state index in [0.717, 1.165) is 36.1 Å². The maximum atomic E-state index is 11.8. The molecule has 4 heteroatoms. The van der Waals surface area contributed by atoms with Crippen molar-refractivity contribution in [1.82, 2.24) is 9.88 Å². The molecule has 1 fully saturated rings. The van der Waals surface area contributed by atoms with Gasteiger partial charge in [-0.2, -0.15) is 0 Å². The second-order valence-electron chi connectivity index (χ2n) is 6.43. The van der Waals surface area contributed by atoms with E-state index in [1.54, 1.807) is 0 Å². The number of carbonyl (C=O) groups is 1. The van der Waals surface area contributed by atoms with Gasteiger partial charge in [0.1, 0.15) is 0 Å². The summed E-state index contributed by atoms with van der Waals surface area (Å²) in [6.07, 6.45) is 3.38. The first kappa shape index (κ1) is 15.1. The third-order valence-electron chi connectivity index (χ3n) is 4.80. The quantitative estimate of drug-likeness (QED) is 0.895. The Morgan fingerprint density at radius 2 is 2.23 bits per heavy atom. The van der Waals surface area contributed by atoms with Crippen LogP contribution >= 0.6 is 0 Å². The maximum Gasteiger partial charge on any atom is 0.338 e. The summed E-state index contributed by atoms with van der Waals surface area (Å²) in [5.41, 5.74) is 2.23. The number of hydrogen-bond donors (Lipinski definition) is 2. The van der Waals surface area contributed by atoms with E-state index in [1.807, 2.05) is 24.3 Å². The summed E-state index contributed by atoms with van der Waals surface area (Å²) in [6, 6.07) is 7.84. The molecule has 1 aromatic carbocycles. The van der Waals surface area contributed by atoms with Crippen molar-refractivity contribution in [3.63, 3.8) is 0 Å². The lowest BCUT2D eigenvalue weighted by atomic mass is 9.95. The van der Waals surface area contributed by atoms with Crippen LogP contribution in [-0.4, -0.2) is 34.0 Å². The number of nitrogens with one attached hydrogen (secondary N) is 1. The van der Waals surface area contributed by atoms with E-state index in [4.69, 9.17) is 0 Å². The predicted octanol–water partition coefficient (Wildman–Crippen LogP) is 4.05. The van der Waals surface area contributed by atoms with Gasteiger partial charge in [0.15, 0.2) is 0 Å². The number of hydrogen-bond acceptors (Lipinski definition) is 2. The van der Waals surface area contributed by atoms with Crippen molar-refractivity contribution in [2.75, 3.05) is 13.1 Å². The molecule has 3 rings (SSSR count). The Morgan fingerprint density at radius 1 is 1.45 bits per heavy atom. The van der Waals surface area contributed by atoms with E-state index in [2.05, 4.69) is 23.7 Å². The van der Waals surface area contributed by atoms with Crippen LogP contribution < -0.4 is 0 Å². The molecular formula is C18H24N2O2. The average Bonchev–Trinajstić information content (AvgIpc) is 2.87. The highest BCUT2D eigenvalue weighted by Gasteiger charge is 2.29. The molecule has 1 aliphatic rings. The molecular weight excluding hydrogens is 276 g/mol. The molecule has 2 aromatic rings. The molecule has 0 saturated carbocycles. The van der Waals surface area contributed by atoms with Gasteiger partial charge in [-0.25, -0.2) is 4.79 Å². The van der Waals surface area contributed by atoms with Crippen LogP contribution in [0.25, 0.3) is 10.9 Å². The van der Waals surface area contributed by atoms with Gasteiger partial charge in [0.05, 0.1) is 11.6 Å². The van der Waals surface area contributed by atoms with E-state index in [1.165, 1.54) is 12.8 Å². The molecule has 0 spiro atoms. The Labute approximate surface area is 131 Å². The summed E-state index contributed by atoms with van der Waals surface area (Å²) in [6.45, 7) is 6.52. The Morgan fingerprint density at radius 3 is 2.91 bits per heavy atom. The molecule has 1 aromatic heterocycles. The van der Waals surface area contributed by atoms with Crippen LogP contribution in [0.3, 0.4) is 0 Å². The van der Waals surface area contributed by atoms with Crippen LogP contribution in [0.4, 0.5) is 0 Å². The Bertz CT molecular complexity index is 677. The molecule has 2 atom stereocenters. The zero-order valence-electron chi connectivity index (χ0n) is 13.3. The minimum Gasteiger partial charge on any atom is -0.478 e. The molecule has 0 radical (unpaired) electrons. The zero-order chi connectivity index (χ0) is 15.7. The molecule has 22 heavy (non-hydrogen) atoms. The van der Waals surface area contributed by atoms with E-state index in [-0.39, 0.29) is 6.04 Å². The summed E-state index contributed by atoms with van der Waals surface area (Å²) in [5.74, 6) is -0.156. The first-order chi connectivity index (χ1) is 10.6. The van der Waals surface area contributed by atoms with Gasteiger partial charge in [0, 0.05) is 23.1 Å². The van der Waals surface area contributed by atoms with Gasteiger partial charge in [-0.05, 0) is 37.8 Å². The summed E-state index contributed by atoms with van der Waals surface area (Å²) < 4.78 is 0. The van der Waals surface area contributed by atoms with Crippen LogP contribution in [0.2, 0.25) is 0 Å². The highest BCUT2D eigenvalue weighted by molar-refractivity contribution is 6.04. The lowest BCUT2D eigenvalue weighted by molar-refractivity contribution is 0.0691. The number of piperidine rings is 1. The van der Waals surface area contributed by atoms with Gasteiger partial charge >= 0.3 is 5.97 Å². The van der Waals surface area contributed by atoms with Crippen LogP contribution in [0.15, 0.2) is 24.3 Å². The number of aromatic carboxylic acids is 1. The maximum absolute atomic E-state index is 11.8. The molecule has 0 amide bonds. The SMILES string of the molecule is CCC(c1[nH]c2ccccc2c1C(=O)O)N1CCCC(C)C1. The number of carboxylic acid groups (broad SMARTS) is 1. The van der Waals surface area contributed by atoms with Crippen LogP contribution in [0, 0.1) is 5.92 Å². The number of fused-ring (bicyclic) bond motifs is 1. The van der Waals surface area contributed by atoms with Crippen molar-refractivity contribution >= 4 is 16.9 Å². The molecule has 0 aliphatic carbocycles. The number of aromatic amines is 1. The predicted molar refractivity (Wildman–Crippen MR) is 88.3 cm³/mol. The first-order valence-corrected chi connectivity index (χ1v) is 8.19. The molecule has 2 unspecified atom stereocenters. The monoisotopic (exact) mass is 300 g/mol. The highest BCUT2D eigenvalue weighted by atomic mass is 16.4. The normalized spacial score (nSPS) is 21.1. The summed E-state index contributed by atoms with van der Waals surface area (Å²) >= 11 is 0. The first-order valence-electron chi connectivity index (χ1n) is 8.19. The van der Waals surface area contributed by atoms with Gasteiger partial charge < -0.3 is 10.1 Å². The number of aromatic nitrogens is 1. The Hall–Kier alpha value is -1.81.